The maximum atomic E-state index is 11.5. The summed E-state index contributed by atoms with van der Waals surface area (Å²) >= 11 is 0. The van der Waals surface area contributed by atoms with Crippen molar-refractivity contribution < 1.29 is 9.59 Å². The zero-order valence-electron chi connectivity index (χ0n) is 11.8. The first-order valence-electron chi connectivity index (χ1n) is 6.30. The van der Waals surface area contributed by atoms with Crippen molar-refractivity contribution in [1.29, 1.82) is 0 Å². The topological polar surface area (TPSA) is 40.6 Å². The lowest BCUT2D eigenvalue weighted by atomic mass is 10.3. The molecule has 4 nitrogen and oxygen atoms in total. The van der Waals surface area contributed by atoms with Gasteiger partial charge in [-0.05, 0) is 12.2 Å². The Labute approximate surface area is 121 Å². The lowest BCUT2D eigenvalue weighted by molar-refractivity contribution is -0.126. The molecule has 0 atom stereocenters. The van der Waals surface area contributed by atoms with E-state index in [1.165, 1.54) is 12.2 Å². The Bertz CT molecular complexity index is 373. The molecular formula is C16H22N2O2. The molecule has 0 aromatic carbocycles. The van der Waals surface area contributed by atoms with E-state index in [1.807, 2.05) is 12.2 Å². The minimum absolute atomic E-state index is 0.153. The lowest BCUT2D eigenvalue weighted by Crippen LogP contribution is -2.31. The van der Waals surface area contributed by atoms with Crippen molar-refractivity contribution in [2.75, 3.05) is 26.2 Å². The average Bonchev–Trinajstić information content (AvgIpc) is 2.47. The first-order valence-corrected chi connectivity index (χ1v) is 6.30. The molecule has 0 bridgehead atoms. The van der Waals surface area contributed by atoms with Gasteiger partial charge >= 0.3 is 0 Å². The van der Waals surface area contributed by atoms with Gasteiger partial charge in [0.1, 0.15) is 0 Å². The van der Waals surface area contributed by atoms with Crippen molar-refractivity contribution in [2.45, 2.75) is 0 Å². The molecule has 0 aliphatic rings. The van der Waals surface area contributed by atoms with Gasteiger partial charge in [0.2, 0.25) is 11.8 Å². The highest BCUT2D eigenvalue weighted by Gasteiger charge is 2.07. The van der Waals surface area contributed by atoms with Crippen molar-refractivity contribution in [3.63, 3.8) is 0 Å². The molecule has 0 spiro atoms. The number of nitrogens with zero attached hydrogens (tertiary/aromatic N) is 2. The van der Waals surface area contributed by atoms with Gasteiger partial charge in [-0.2, -0.15) is 0 Å². The third-order valence-electron chi connectivity index (χ3n) is 2.49. The zero-order chi connectivity index (χ0) is 15.4. The Kier molecular flexibility index (Phi) is 9.31. The highest BCUT2D eigenvalue weighted by Crippen LogP contribution is 1.95. The highest BCUT2D eigenvalue weighted by molar-refractivity contribution is 5.87. The van der Waals surface area contributed by atoms with Crippen molar-refractivity contribution in [2.24, 2.45) is 0 Å². The Hall–Kier alpha value is -2.36. The van der Waals surface area contributed by atoms with Crippen LogP contribution >= 0.6 is 0 Å². The van der Waals surface area contributed by atoms with Crippen LogP contribution in [0, 0.1) is 0 Å². The summed E-state index contributed by atoms with van der Waals surface area (Å²) in [6.07, 6.45) is 9.50. The number of carbonyl (C=O) groups is 2. The van der Waals surface area contributed by atoms with Gasteiger partial charge in [-0.1, -0.05) is 37.5 Å². The molecule has 0 fully saturated rings. The molecule has 0 aliphatic heterocycles. The van der Waals surface area contributed by atoms with Crippen LogP contribution in [0.3, 0.4) is 0 Å². The normalized spacial score (nSPS) is 9.80. The summed E-state index contributed by atoms with van der Waals surface area (Å²) in [5.74, 6) is -0.306. The van der Waals surface area contributed by atoms with E-state index in [9.17, 15) is 9.59 Å². The first-order chi connectivity index (χ1) is 9.60. The summed E-state index contributed by atoms with van der Waals surface area (Å²) in [5, 5.41) is 0. The number of rotatable bonds is 10. The van der Waals surface area contributed by atoms with Crippen LogP contribution in [0.4, 0.5) is 0 Å². The predicted molar refractivity (Wildman–Crippen MR) is 83.1 cm³/mol. The van der Waals surface area contributed by atoms with E-state index in [1.54, 1.807) is 22.0 Å². The van der Waals surface area contributed by atoms with E-state index < -0.39 is 0 Å². The molecular weight excluding hydrogens is 252 g/mol. The van der Waals surface area contributed by atoms with E-state index in [0.717, 1.165) is 0 Å². The van der Waals surface area contributed by atoms with Gasteiger partial charge in [-0.3, -0.25) is 9.59 Å². The molecule has 0 saturated heterocycles. The summed E-state index contributed by atoms with van der Waals surface area (Å²) < 4.78 is 0. The largest absolute Gasteiger partial charge is 0.332 e. The molecule has 2 amide bonds. The van der Waals surface area contributed by atoms with Crippen LogP contribution in [0.2, 0.25) is 0 Å². The van der Waals surface area contributed by atoms with Crippen molar-refractivity contribution >= 4 is 11.8 Å². The average molecular weight is 274 g/mol. The van der Waals surface area contributed by atoms with Gasteiger partial charge in [-0.25, -0.2) is 0 Å². The predicted octanol–water partition coefficient (Wildman–Crippen LogP) is 1.94. The molecule has 20 heavy (non-hydrogen) atoms. The Morgan fingerprint density at radius 2 is 1.05 bits per heavy atom. The van der Waals surface area contributed by atoms with Gasteiger partial charge in [0.05, 0.1) is 0 Å². The second kappa shape index (κ2) is 10.6. The summed E-state index contributed by atoms with van der Waals surface area (Å²) in [6.45, 7) is 15.9. The monoisotopic (exact) mass is 274 g/mol. The Morgan fingerprint density at radius 3 is 1.30 bits per heavy atom. The summed E-state index contributed by atoms with van der Waals surface area (Å²) in [4.78, 5) is 26.2. The van der Waals surface area contributed by atoms with E-state index in [4.69, 9.17) is 0 Å². The highest BCUT2D eigenvalue weighted by atomic mass is 16.2. The summed E-state index contributed by atoms with van der Waals surface area (Å²) in [6, 6.07) is 0. The van der Waals surface area contributed by atoms with E-state index >= 15 is 0 Å². The van der Waals surface area contributed by atoms with Crippen LogP contribution in [-0.4, -0.2) is 47.8 Å². The van der Waals surface area contributed by atoms with Gasteiger partial charge in [0.15, 0.2) is 0 Å². The SMILES string of the molecule is C=CCN(CC=CCN(CC=C)C(=O)C=C)C(=O)C=C. The van der Waals surface area contributed by atoms with Crippen molar-refractivity contribution in [1.82, 2.24) is 9.80 Å². The molecule has 0 heterocycles. The maximum Gasteiger partial charge on any atom is 0.246 e. The molecule has 0 aliphatic carbocycles. The molecule has 0 unspecified atom stereocenters. The first kappa shape index (κ1) is 17.6. The van der Waals surface area contributed by atoms with Gasteiger partial charge in [0, 0.05) is 26.2 Å². The second-order valence-corrected chi connectivity index (χ2v) is 3.94. The third kappa shape index (κ3) is 6.54. The van der Waals surface area contributed by atoms with Crippen LogP contribution in [0.5, 0.6) is 0 Å². The fourth-order valence-electron chi connectivity index (χ4n) is 1.48. The van der Waals surface area contributed by atoms with Crippen LogP contribution in [0.1, 0.15) is 0 Å². The maximum absolute atomic E-state index is 11.5. The molecule has 4 heteroatoms. The van der Waals surface area contributed by atoms with E-state index in [-0.39, 0.29) is 11.8 Å². The number of carbonyl (C=O) groups excluding carboxylic acids is 2. The second-order valence-electron chi connectivity index (χ2n) is 3.94. The minimum Gasteiger partial charge on any atom is -0.332 e. The van der Waals surface area contributed by atoms with Crippen molar-refractivity contribution in [3.8, 4) is 0 Å². The number of hydrogen-bond acceptors (Lipinski definition) is 2. The molecule has 108 valence electrons. The number of hydrogen-bond donors (Lipinski definition) is 0. The zero-order valence-corrected chi connectivity index (χ0v) is 11.8. The molecule has 0 rings (SSSR count). The van der Waals surface area contributed by atoms with Crippen LogP contribution in [0.15, 0.2) is 62.8 Å². The summed E-state index contributed by atoms with van der Waals surface area (Å²) in [7, 11) is 0. The smallest absolute Gasteiger partial charge is 0.246 e. The van der Waals surface area contributed by atoms with Crippen LogP contribution < -0.4 is 0 Å². The third-order valence-corrected chi connectivity index (χ3v) is 2.49. The molecule has 0 saturated carbocycles. The van der Waals surface area contributed by atoms with Gasteiger partial charge < -0.3 is 9.80 Å². The van der Waals surface area contributed by atoms with Gasteiger partial charge in [0.25, 0.3) is 0 Å². The van der Waals surface area contributed by atoms with E-state index in [0.29, 0.717) is 26.2 Å². The lowest BCUT2D eigenvalue weighted by Gasteiger charge is -2.18. The number of amides is 2. The fraction of sp³-hybridized carbons (Fsp3) is 0.250. The van der Waals surface area contributed by atoms with Crippen molar-refractivity contribution in [3.05, 3.63) is 62.8 Å². The minimum atomic E-state index is -0.153. The van der Waals surface area contributed by atoms with Crippen LogP contribution in [-0.2, 0) is 9.59 Å². The Morgan fingerprint density at radius 1 is 0.700 bits per heavy atom. The standard InChI is InChI=1S/C16H22N2O2/c1-5-11-17(15(19)7-3)13-9-10-14-18(12-6-2)16(20)8-4/h5-10H,1-4,11-14H2. The Balaban J connectivity index is 4.45. The quantitative estimate of drug-likeness (QED) is 0.451. The molecule has 0 N–H and O–H groups in total. The van der Waals surface area contributed by atoms with Gasteiger partial charge in [-0.15, -0.1) is 13.2 Å². The fourth-order valence-corrected chi connectivity index (χ4v) is 1.48. The summed E-state index contributed by atoms with van der Waals surface area (Å²) in [5.41, 5.74) is 0. The molecule has 0 aromatic rings. The molecule has 0 aromatic heterocycles. The van der Waals surface area contributed by atoms with Crippen LogP contribution in [0.25, 0.3) is 0 Å². The molecule has 0 radical (unpaired) electrons. The van der Waals surface area contributed by atoms with E-state index in [2.05, 4.69) is 26.3 Å².